The number of hydrogen-bond acceptors (Lipinski definition) is 4. The minimum atomic E-state index is -0.403. The predicted molar refractivity (Wildman–Crippen MR) is 83.0 cm³/mol. The van der Waals surface area contributed by atoms with Crippen molar-refractivity contribution in [3.8, 4) is 0 Å². The average molecular weight is 309 g/mol. The predicted octanol–water partition coefficient (Wildman–Crippen LogP) is 2.14. The molecule has 0 radical (unpaired) electrons. The topological polar surface area (TPSA) is 62.3 Å². The number of nitrogens with zero attached hydrogens (tertiary/aromatic N) is 2. The van der Waals surface area contributed by atoms with Crippen LogP contribution in [0.1, 0.15) is 50.0 Å². The van der Waals surface area contributed by atoms with Gasteiger partial charge in [-0.05, 0) is 25.7 Å². The van der Waals surface area contributed by atoms with Crippen molar-refractivity contribution in [3.63, 3.8) is 0 Å². The Hall–Kier alpha value is -1.43. The number of amides is 2. The molecule has 1 N–H and O–H groups in total. The molecule has 1 aromatic heterocycles. The van der Waals surface area contributed by atoms with E-state index in [2.05, 4.69) is 31.1 Å². The molecule has 2 unspecified atom stereocenters. The average Bonchev–Trinajstić information content (AvgIpc) is 2.90. The van der Waals surface area contributed by atoms with Crippen molar-refractivity contribution in [2.45, 2.75) is 52.6 Å². The standard InChI is InChI=1S/C15H23N3O2S/c1-5-11-7-16-14(21-11)10(4)18-8-13(19)17-12(15(18)20)6-9(2)3/h7,9-10,12H,5-6,8H2,1-4H3,(H,17,19). The number of nitrogens with one attached hydrogen (secondary N) is 1. The zero-order valence-electron chi connectivity index (χ0n) is 13.0. The Morgan fingerprint density at radius 1 is 1.43 bits per heavy atom. The third-order valence-electron chi connectivity index (χ3n) is 3.68. The Balaban J connectivity index is 2.16. The molecule has 0 bridgehead atoms. The largest absolute Gasteiger partial charge is 0.343 e. The van der Waals surface area contributed by atoms with Gasteiger partial charge in [-0.25, -0.2) is 4.98 Å². The maximum atomic E-state index is 12.6. The molecule has 2 heterocycles. The molecule has 1 aromatic rings. The van der Waals surface area contributed by atoms with Crippen LogP contribution in [-0.2, 0) is 16.0 Å². The molecule has 2 rings (SSSR count). The van der Waals surface area contributed by atoms with E-state index in [0.717, 1.165) is 11.4 Å². The van der Waals surface area contributed by atoms with E-state index < -0.39 is 6.04 Å². The highest BCUT2D eigenvalue weighted by atomic mass is 32.1. The van der Waals surface area contributed by atoms with Crippen molar-refractivity contribution in [1.82, 2.24) is 15.2 Å². The zero-order valence-corrected chi connectivity index (χ0v) is 13.9. The second-order valence-corrected chi connectivity index (χ2v) is 7.06. The fraction of sp³-hybridized carbons (Fsp3) is 0.667. The van der Waals surface area contributed by atoms with Gasteiger partial charge in [0.05, 0.1) is 6.04 Å². The first kappa shape index (κ1) is 15.9. The van der Waals surface area contributed by atoms with Gasteiger partial charge >= 0.3 is 0 Å². The van der Waals surface area contributed by atoms with Crippen LogP contribution in [0, 0.1) is 5.92 Å². The number of aromatic nitrogens is 1. The zero-order chi connectivity index (χ0) is 15.6. The van der Waals surface area contributed by atoms with Crippen molar-refractivity contribution >= 4 is 23.2 Å². The number of aryl methyl sites for hydroxylation is 1. The third-order valence-corrected chi connectivity index (χ3v) is 4.99. The highest BCUT2D eigenvalue weighted by molar-refractivity contribution is 7.11. The molecular formula is C15H23N3O2S. The summed E-state index contributed by atoms with van der Waals surface area (Å²) in [5, 5.41) is 3.70. The fourth-order valence-electron chi connectivity index (χ4n) is 2.51. The number of rotatable bonds is 5. The van der Waals surface area contributed by atoms with E-state index in [4.69, 9.17) is 0 Å². The lowest BCUT2D eigenvalue weighted by molar-refractivity contribution is -0.146. The van der Waals surface area contributed by atoms with E-state index in [1.807, 2.05) is 13.1 Å². The molecule has 6 heteroatoms. The lowest BCUT2D eigenvalue weighted by Gasteiger charge is -2.36. The number of carbonyl (C=O) groups is 2. The fourth-order valence-corrected chi connectivity index (χ4v) is 3.43. The van der Waals surface area contributed by atoms with Crippen LogP contribution < -0.4 is 5.32 Å². The highest BCUT2D eigenvalue weighted by Gasteiger charge is 2.36. The minimum absolute atomic E-state index is 0.00375. The highest BCUT2D eigenvalue weighted by Crippen LogP contribution is 2.27. The van der Waals surface area contributed by atoms with Crippen molar-refractivity contribution in [3.05, 3.63) is 16.1 Å². The summed E-state index contributed by atoms with van der Waals surface area (Å²) >= 11 is 1.62. The first-order valence-electron chi connectivity index (χ1n) is 7.46. The van der Waals surface area contributed by atoms with E-state index >= 15 is 0 Å². The van der Waals surface area contributed by atoms with Crippen molar-refractivity contribution in [2.75, 3.05) is 6.54 Å². The molecule has 116 valence electrons. The van der Waals surface area contributed by atoms with Gasteiger partial charge in [0.2, 0.25) is 11.8 Å². The molecule has 1 saturated heterocycles. The first-order chi connectivity index (χ1) is 9.92. The molecule has 1 aliphatic rings. The van der Waals surface area contributed by atoms with E-state index in [0.29, 0.717) is 12.3 Å². The molecule has 2 amide bonds. The third kappa shape index (κ3) is 3.61. The number of piperazine rings is 1. The van der Waals surface area contributed by atoms with Gasteiger partial charge in [-0.15, -0.1) is 11.3 Å². The Morgan fingerprint density at radius 2 is 2.14 bits per heavy atom. The monoisotopic (exact) mass is 309 g/mol. The van der Waals surface area contributed by atoms with Gasteiger partial charge in [-0.2, -0.15) is 0 Å². The summed E-state index contributed by atoms with van der Waals surface area (Å²) < 4.78 is 0. The molecule has 21 heavy (non-hydrogen) atoms. The Kier molecular flexibility index (Phi) is 4.98. The summed E-state index contributed by atoms with van der Waals surface area (Å²) in [7, 11) is 0. The summed E-state index contributed by atoms with van der Waals surface area (Å²) in [5.74, 6) is 0.282. The Labute approximate surface area is 129 Å². The molecule has 1 fully saturated rings. The number of carbonyl (C=O) groups excluding carboxylic acids is 2. The van der Waals surface area contributed by atoms with Crippen LogP contribution in [-0.4, -0.2) is 34.3 Å². The lowest BCUT2D eigenvalue weighted by atomic mass is 10.00. The van der Waals surface area contributed by atoms with Gasteiger partial charge in [0, 0.05) is 11.1 Å². The van der Waals surface area contributed by atoms with Crippen molar-refractivity contribution in [2.24, 2.45) is 5.92 Å². The molecule has 0 aliphatic carbocycles. The van der Waals surface area contributed by atoms with E-state index in [-0.39, 0.29) is 24.4 Å². The quantitative estimate of drug-likeness (QED) is 0.906. The summed E-state index contributed by atoms with van der Waals surface area (Å²) in [4.78, 5) is 31.7. The number of hydrogen-bond donors (Lipinski definition) is 1. The van der Waals surface area contributed by atoms with Gasteiger partial charge in [0.25, 0.3) is 0 Å². The summed E-state index contributed by atoms with van der Waals surface area (Å²) in [6.45, 7) is 8.25. The maximum Gasteiger partial charge on any atom is 0.246 e. The smallest absolute Gasteiger partial charge is 0.246 e. The van der Waals surface area contributed by atoms with E-state index in [1.54, 1.807) is 16.2 Å². The van der Waals surface area contributed by atoms with Crippen molar-refractivity contribution in [1.29, 1.82) is 0 Å². The minimum Gasteiger partial charge on any atom is -0.343 e. The Bertz CT molecular complexity index is 527. The van der Waals surface area contributed by atoms with Crippen LogP contribution in [0.4, 0.5) is 0 Å². The van der Waals surface area contributed by atoms with Gasteiger partial charge in [-0.3, -0.25) is 9.59 Å². The van der Waals surface area contributed by atoms with E-state index in [1.165, 1.54) is 4.88 Å². The second kappa shape index (κ2) is 6.56. The lowest BCUT2D eigenvalue weighted by Crippen LogP contribution is -2.58. The molecule has 5 nitrogen and oxygen atoms in total. The van der Waals surface area contributed by atoms with Gasteiger partial charge in [0.1, 0.15) is 17.6 Å². The molecular weight excluding hydrogens is 286 g/mol. The van der Waals surface area contributed by atoms with Crippen LogP contribution in [0.5, 0.6) is 0 Å². The normalized spacial score (nSPS) is 20.8. The van der Waals surface area contributed by atoms with Crippen LogP contribution >= 0.6 is 11.3 Å². The van der Waals surface area contributed by atoms with Crippen LogP contribution in [0.25, 0.3) is 0 Å². The van der Waals surface area contributed by atoms with Crippen molar-refractivity contribution < 1.29 is 9.59 Å². The number of thiazole rings is 1. The molecule has 0 saturated carbocycles. The Morgan fingerprint density at radius 3 is 2.71 bits per heavy atom. The first-order valence-corrected chi connectivity index (χ1v) is 8.28. The SMILES string of the molecule is CCc1cnc(C(C)N2CC(=O)NC(CC(C)C)C2=O)s1. The molecule has 2 atom stereocenters. The van der Waals surface area contributed by atoms with Crippen LogP contribution in [0.2, 0.25) is 0 Å². The van der Waals surface area contributed by atoms with Crippen LogP contribution in [0.3, 0.4) is 0 Å². The maximum absolute atomic E-state index is 12.6. The van der Waals surface area contributed by atoms with E-state index in [9.17, 15) is 9.59 Å². The van der Waals surface area contributed by atoms with Gasteiger partial charge < -0.3 is 10.2 Å². The summed E-state index contributed by atoms with van der Waals surface area (Å²) in [6.07, 6.45) is 3.47. The van der Waals surface area contributed by atoms with Crippen LogP contribution in [0.15, 0.2) is 6.20 Å². The molecule has 1 aliphatic heterocycles. The van der Waals surface area contributed by atoms with Gasteiger partial charge in [-0.1, -0.05) is 20.8 Å². The van der Waals surface area contributed by atoms with Gasteiger partial charge in [0.15, 0.2) is 0 Å². The molecule has 0 aromatic carbocycles. The summed E-state index contributed by atoms with van der Waals surface area (Å²) in [5.41, 5.74) is 0. The summed E-state index contributed by atoms with van der Waals surface area (Å²) in [6, 6.07) is -0.553. The molecule has 0 spiro atoms. The second-order valence-electron chi connectivity index (χ2n) is 5.91.